The first-order valence-electron chi connectivity index (χ1n) is 10.1. The van der Waals surface area contributed by atoms with Crippen LogP contribution >= 0.6 is 0 Å². The van der Waals surface area contributed by atoms with Gasteiger partial charge in [-0.25, -0.2) is 4.79 Å². The predicted molar refractivity (Wildman–Crippen MR) is 109 cm³/mol. The molecule has 2 aromatic carbocycles. The van der Waals surface area contributed by atoms with E-state index in [-0.39, 0.29) is 5.78 Å². The summed E-state index contributed by atoms with van der Waals surface area (Å²) in [6.45, 7) is 2.63. The van der Waals surface area contributed by atoms with Crippen molar-refractivity contribution < 1.29 is 14.3 Å². The number of carbonyl (C=O) groups is 2. The Morgan fingerprint density at radius 3 is 1.93 bits per heavy atom. The summed E-state index contributed by atoms with van der Waals surface area (Å²) in [4.78, 5) is 25.1. The fourth-order valence-electron chi connectivity index (χ4n) is 3.08. The third kappa shape index (κ3) is 7.01. The molecule has 0 bridgehead atoms. The van der Waals surface area contributed by atoms with Crippen LogP contribution in [0, 0.1) is 0 Å². The van der Waals surface area contributed by atoms with Crippen LogP contribution in [0.1, 0.15) is 84.6 Å². The Morgan fingerprint density at radius 2 is 1.26 bits per heavy atom. The summed E-state index contributed by atoms with van der Waals surface area (Å²) in [5, 5.41) is 0. The summed E-state index contributed by atoms with van der Waals surface area (Å²) < 4.78 is 5.41. The molecular weight excluding hydrogens is 336 g/mol. The molecule has 0 unspecified atom stereocenters. The molecule has 0 radical (unpaired) electrons. The van der Waals surface area contributed by atoms with Crippen LogP contribution in [0.25, 0.3) is 0 Å². The number of hydrogen-bond donors (Lipinski definition) is 0. The van der Waals surface area contributed by atoms with Gasteiger partial charge in [-0.05, 0) is 12.5 Å². The monoisotopic (exact) mass is 366 g/mol. The molecule has 0 aliphatic heterocycles. The molecule has 0 saturated heterocycles. The van der Waals surface area contributed by atoms with Crippen molar-refractivity contribution in [1.82, 2.24) is 0 Å². The minimum atomic E-state index is -0.419. The van der Waals surface area contributed by atoms with Gasteiger partial charge in [0.15, 0.2) is 5.78 Å². The highest BCUT2D eigenvalue weighted by Gasteiger charge is 2.18. The van der Waals surface area contributed by atoms with Crippen LogP contribution < -0.4 is 0 Å². The lowest BCUT2D eigenvalue weighted by Crippen LogP contribution is -2.13. The average molecular weight is 367 g/mol. The van der Waals surface area contributed by atoms with E-state index in [1.807, 2.05) is 18.2 Å². The molecule has 0 atom stereocenters. The van der Waals surface area contributed by atoms with Crippen molar-refractivity contribution in [2.45, 2.75) is 58.3 Å². The van der Waals surface area contributed by atoms with E-state index < -0.39 is 5.97 Å². The summed E-state index contributed by atoms with van der Waals surface area (Å²) in [6.07, 6.45) is 9.58. The molecule has 0 saturated carbocycles. The van der Waals surface area contributed by atoms with E-state index in [2.05, 4.69) is 6.92 Å². The molecule has 2 aromatic rings. The SMILES string of the molecule is CCCCCCCCCCOC(=O)c1ccccc1C(=O)c1ccccc1. The van der Waals surface area contributed by atoms with Crippen LogP contribution in [0.5, 0.6) is 0 Å². The van der Waals surface area contributed by atoms with Crippen LogP contribution in [0.3, 0.4) is 0 Å². The Balaban J connectivity index is 1.81. The summed E-state index contributed by atoms with van der Waals surface area (Å²) in [5.74, 6) is -0.576. The Labute approximate surface area is 162 Å². The van der Waals surface area contributed by atoms with E-state index >= 15 is 0 Å². The van der Waals surface area contributed by atoms with E-state index in [0.717, 1.165) is 12.8 Å². The Morgan fingerprint density at radius 1 is 0.704 bits per heavy atom. The molecule has 0 amide bonds. The lowest BCUT2D eigenvalue weighted by molar-refractivity contribution is 0.0495. The molecule has 3 heteroatoms. The first-order chi connectivity index (χ1) is 13.2. The van der Waals surface area contributed by atoms with Crippen molar-refractivity contribution >= 4 is 11.8 Å². The second-order valence-electron chi connectivity index (χ2n) is 6.85. The van der Waals surface area contributed by atoms with Crippen LogP contribution in [-0.2, 0) is 4.74 Å². The molecule has 0 aliphatic rings. The van der Waals surface area contributed by atoms with Crippen LogP contribution in [0.4, 0.5) is 0 Å². The maximum atomic E-state index is 12.7. The molecule has 144 valence electrons. The summed E-state index contributed by atoms with van der Waals surface area (Å²) >= 11 is 0. The lowest BCUT2D eigenvalue weighted by Gasteiger charge is -2.09. The van der Waals surface area contributed by atoms with E-state index in [0.29, 0.717) is 23.3 Å². The van der Waals surface area contributed by atoms with Gasteiger partial charge < -0.3 is 4.74 Å². The highest BCUT2D eigenvalue weighted by molar-refractivity contribution is 6.14. The van der Waals surface area contributed by atoms with Gasteiger partial charge in [0.05, 0.1) is 12.2 Å². The van der Waals surface area contributed by atoms with Gasteiger partial charge >= 0.3 is 5.97 Å². The molecule has 0 N–H and O–H groups in total. The minimum Gasteiger partial charge on any atom is -0.462 e. The minimum absolute atomic E-state index is 0.157. The normalized spacial score (nSPS) is 10.6. The molecule has 27 heavy (non-hydrogen) atoms. The van der Waals surface area contributed by atoms with E-state index in [1.54, 1.807) is 36.4 Å². The van der Waals surface area contributed by atoms with Gasteiger partial charge in [0.25, 0.3) is 0 Å². The standard InChI is InChI=1S/C24H30O3/c1-2-3-4-5-6-7-8-14-19-27-24(26)22-18-13-12-17-21(22)23(25)20-15-10-9-11-16-20/h9-13,15-18H,2-8,14,19H2,1H3. The van der Waals surface area contributed by atoms with Gasteiger partial charge in [-0.2, -0.15) is 0 Å². The first-order valence-corrected chi connectivity index (χ1v) is 10.1. The van der Waals surface area contributed by atoms with Crippen molar-refractivity contribution in [2.24, 2.45) is 0 Å². The van der Waals surface area contributed by atoms with Gasteiger partial charge in [-0.15, -0.1) is 0 Å². The Hall–Kier alpha value is -2.42. The molecular formula is C24H30O3. The van der Waals surface area contributed by atoms with Crippen molar-refractivity contribution in [1.29, 1.82) is 0 Å². The molecule has 3 nitrogen and oxygen atoms in total. The average Bonchev–Trinajstić information content (AvgIpc) is 2.72. The first kappa shape index (κ1) is 20.9. The number of ether oxygens (including phenoxy) is 1. The second kappa shape index (κ2) is 12.1. The topological polar surface area (TPSA) is 43.4 Å². The molecule has 0 heterocycles. The summed E-state index contributed by atoms with van der Waals surface area (Å²) in [7, 11) is 0. The molecule has 0 aromatic heterocycles. The number of ketones is 1. The van der Waals surface area contributed by atoms with Gasteiger partial charge in [-0.3, -0.25) is 4.79 Å². The van der Waals surface area contributed by atoms with Crippen molar-refractivity contribution in [2.75, 3.05) is 6.61 Å². The maximum absolute atomic E-state index is 12.7. The number of rotatable bonds is 12. The lowest BCUT2D eigenvalue weighted by atomic mass is 9.98. The zero-order valence-electron chi connectivity index (χ0n) is 16.3. The number of hydrogen-bond acceptors (Lipinski definition) is 3. The van der Waals surface area contributed by atoms with Gasteiger partial charge in [0, 0.05) is 11.1 Å². The zero-order chi connectivity index (χ0) is 19.3. The number of carbonyl (C=O) groups excluding carboxylic acids is 2. The quantitative estimate of drug-likeness (QED) is 0.255. The van der Waals surface area contributed by atoms with Crippen molar-refractivity contribution in [3.63, 3.8) is 0 Å². The number of benzene rings is 2. The summed E-state index contributed by atoms with van der Waals surface area (Å²) in [6, 6.07) is 15.9. The fraction of sp³-hybridized carbons (Fsp3) is 0.417. The maximum Gasteiger partial charge on any atom is 0.338 e. The van der Waals surface area contributed by atoms with E-state index in [4.69, 9.17) is 4.74 Å². The predicted octanol–water partition coefficient (Wildman–Crippen LogP) is 6.22. The van der Waals surface area contributed by atoms with Crippen molar-refractivity contribution in [3.8, 4) is 0 Å². The number of unbranched alkanes of at least 4 members (excludes halogenated alkanes) is 7. The van der Waals surface area contributed by atoms with E-state index in [9.17, 15) is 9.59 Å². The molecule has 0 fully saturated rings. The Kier molecular flexibility index (Phi) is 9.33. The van der Waals surface area contributed by atoms with Gasteiger partial charge in [0.1, 0.15) is 0 Å². The smallest absolute Gasteiger partial charge is 0.338 e. The highest BCUT2D eigenvalue weighted by atomic mass is 16.5. The highest BCUT2D eigenvalue weighted by Crippen LogP contribution is 2.16. The number of esters is 1. The van der Waals surface area contributed by atoms with Crippen LogP contribution in [0.2, 0.25) is 0 Å². The molecule has 0 aliphatic carbocycles. The van der Waals surface area contributed by atoms with E-state index in [1.165, 1.54) is 38.5 Å². The third-order valence-electron chi connectivity index (χ3n) is 4.66. The third-order valence-corrected chi connectivity index (χ3v) is 4.66. The van der Waals surface area contributed by atoms with Crippen LogP contribution in [-0.4, -0.2) is 18.4 Å². The second-order valence-corrected chi connectivity index (χ2v) is 6.85. The Bertz CT molecular complexity index is 707. The fourth-order valence-corrected chi connectivity index (χ4v) is 3.08. The largest absolute Gasteiger partial charge is 0.462 e. The van der Waals surface area contributed by atoms with Crippen molar-refractivity contribution in [3.05, 3.63) is 71.3 Å². The molecule has 0 spiro atoms. The summed E-state index contributed by atoms with van der Waals surface area (Å²) in [5.41, 5.74) is 1.30. The van der Waals surface area contributed by atoms with Crippen LogP contribution in [0.15, 0.2) is 54.6 Å². The molecule has 2 rings (SSSR count). The van der Waals surface area contributed by atoms with Gasteiger partial charge in [-0.1, -0.05) is 100 Å². The zero-order valence-corrected chi connectivity index (χ0v) is 16.3. The van der Waals surface area contributed by atoms with Gasteiger partial charge in [0.2, 0.25) is 0 Å².